The number of aromatic nitrogens is 2. The molecule has 0 saturated carbocycles. The molecule has 0 atom stereocenters. The highest BCUT2D eigenvalue weighted by molar-refractivity contribution is 5.95. The van der Waals surface area contributed by atoms with E-state index in [0.29, 0.717) is 6.61 Å². The standard InChI is InChI=1S/C18H14N2O/c1-2-8-15(9-3-1)21-12-18-19-16-10-13-6-4-5-7-14(13)11-17(16)20-18/h1-11H,12H2,(H,19,20). The summed E-state index contributed by atoms with van der Waals surface area (Å²) in [4.78, 5) is 7.92. The fourth-order valence-electron chi connectivity index (χ4n) is 2.49. The van der Waals surface area contributed by atoms with Crippen LogP contribution in [0.15, 0.2) is 66.7 Å². The molecule has 3 aromatic carbocycles. The van der Waals surface area contributed by atoms with Gasteiger partial charge in [-0.3, -0.25) is 0 Å². The SMILES string of the molecule is c1ccc(OCc2nc3cc4ccccc4cc3[nH]2)cc1. The lowest BCUT2D eigenvalue weighted by Crippen LogP contribution is -1.96. The molecule has 3 heteroatoms. The molecule has 0 amide bonds. The summed E-state index contributed by atoms with van der Waals surface area (Å²) in [5, 5.41) is 2.41. The molecule has 4 rings (SSSR count). The lowest BCUT2D eigenvalue weighted by molar-refractivity contribution is 0.297. The number of hydrogen-bond acceptors (Lipinski definition) is 2. The zero-order valence-electron chi connectivity index (χ0n) is 11.4. The Bertz CT molecular complexity index is 844. The Hall–Kier alpha value is -2.81. The van der Waals surface area contributed by atoms with Gasteiger partial charge in [0.2, 0.25) is 0 Å². The van der Waals surface area contributed by atoms with E-state index in [0.717, 1.165) is 22.6 Å². The molecule has 0 aliphatic carbocycles. The highest BCUT2D eigenvalue weighted by atomic mass is 16.5. The Kier molecular flexibility index (Phi) is 2.82. The summed E-state index contributed by atoms with van der Waals surface area (Å²) < 4.78 is 5.73. The largest absolute Gasteiger partial charge is 0.486 e. The Balaban J connectivity index is 1.65. The van der Waals surface area contributed by atoms with Gasteiger partial charge < -0.3 is 9.72 Å². The average molecular weight is 274 g/mol. The van der Waals surface area contributed by atoms with Crippen molar-refractivity contribution in [1.82, 2.24) is 9.97 Å². The summed E-state index contributed by atoms with van der Waals surface area (Å²) in [7, 11) is 0. The first-order valence-corrected chi connectivity index (χ1v) is 6.94. The fraction of sp³-hybridized carbons (Fsp3) is 0.0556. The van der Waals surface area contributed by atoms with Crippen LogP contribution in [0.2, 0.25) is 0 Å². The number of imidazole rings is 1. The Morgan fingerprint density at radius 1 is 0.857 bits per heavy atom. The van der Waals surface area contributed by atoms with Crippen molar-refractivity contribution in [1.29, 1.82) is 0 Å². The van der Waals surface area contributed by atoms with Gasteiger partial charge in [-0.25, -0.2) is 4.98 Å². The summed E-state index contributed by atoms with van der Waals surface area (Å²) in [6.07, 6.45) is 0. The van der Waals surface area contributed by atoms with Gasteiger partial charge in [0.1, 0.15) is 18.2 Å². The molecule has 0 spiro atoms. The molecule has 0 aliphatic heterocycles. The lowest BCUT2D eigenvalue weighted by atomic mass is 10.1. The van der Waals surface area contributed by atoms with Crippen LogP contribution in [0.3, 0.4) is 0 Å². The van der Waals surface area contributed by atoms with Crippen molar-refractivity contribution >= 4 is 21.8 Å². The highest BCUT2D eigenvalue weighted by Crippen LogP contribution is 2.21. The van der Waals surface area contributed by atoms with Gasteiger partial charge >= 0.3 is 0 Å². The van der Waals surface area contributed by atoms with Crippen LogP contribution in [-0.2, 0) is 6.61 Å². The molecule has 1 heterocycles. The lowest BCUT2D eigenvalue weighted by Gasteiger charge is -2.02. The molecule has 0 radical (unpaired) electrons. The van der Waals surface area contributed by atoms with Crippen molar-refractivity contribution in [2.45, 2.75) is 6.61 Å². The van der Waals surface area contributed by atoms with Crippen molar-refractivity contribution < 1.29 is 4.74 Å². The first kappa shape index (κ1) is 12.0. The van der Waals surface area contributed by atoms with E-state index in [2.05, 4.69) is 34.2 Å². The molecule has 0 fully saturated rings. The number of ether oxygens (including phenoxy) is 1. The van der Waals surface area contributed by atoms with Crippen LogP contribution in [-0.4, -0.2) is 9.97 Å². The number of rotatable bonds is 3. The van der Waals surface area contributed by atoms with Crippen LogP contribution in [0.1, 0.15) is 5.82 Å². The third-order valence-corrected chi connectivity index (χ3v) is 3.52. The van der Waals surface area contributed by atoms with Crippen molar-refractivity contribution in [2.24, 2.45) is 0 Å². The molecule has 102 valence electrons. The van der Waals surface area contributed by atoms with Gasteiger partial charge in [0.05, 0.1) is 11.0 Å². The maximum atomic E-state index is 5.73. The van der Waals surface area contributed by atoms with E-state index in [-0.39, 0.29) is 0 Å². The maximum Gasteiger partial charge on any atom is 0.146 e. The van der Waals surface area contributed by atoms with Gasteiger partial charge in [-0.05, 0) is 35.0 Å². The fourth-order valence-corrected chi connectivity index (χ4v) is 2.49. The van der Waals surface area contributed by atoms with Crippen LogP contribution >= 0.6 is 0 Å². The molecule has 0 saturated heterocycles. The molecule has 3 nitrogen and oxygen atoms in total. The second-order valence-electron chi connectivity index (χ2n) is 5.00. The van der Waals surface area contributed by atoms with E-state index in [4.69, 9.17) is 4.74 Å². The summed E-state index contributed by atoms with van der Waals surface area (Å²) in [5.41, 5.74) is 2.01. The van der Waals surface area contributed by atoms with Gasteiger partial charge in [-0.2, -0.15) is 0 Å². The predicted molar refractivity (Wildman–Crippen MR) is 84.4 cm³/mol. The molecule has 1 aromatic heterocycles. The summed E-state index contributed by atoms with van der Waals surface area (Å²) in [6, 6.07) is 22.3. The number of fused-ring (bicyclic) bond motifs is 2. The molecule has 0 unspecified atom stereocenters. The van der Waals surface area contributed by atoms with Gasteiger partial charge in [0, 0.05) is 0 Å². The highest BCUT2D eigenvalue weighted by Gasteiger charge is 2.05. The van der Waals surface area contributed by atoms with E-state index in [1.54, 1.807) is 0 Å². The number of nitrogens with zero attached hydrogens (tertiary/aromatic N) is 1. The number of aromatic amines is 1. The topological polar surface area (TPSA) is 37.9 Å². The van der Waals surface area contributed by atoms with Crippen LogP contribution < -0.4 is 4.74 Å². The molecule has 1 N–H and O–H groups in total. The number of H-pyrrole nitrogens is 1. The number of para-hydroxylation sites is 1. The Labute approximate surface area is 122 Å². The van der Waals surface area contributed by atoms with Crippen LogP contribution in [0.25, 0.3) is 21.8 Å². The number of hydrogen-bond donors (Lipinski definition) is 1. The Morgan fingerprint density at radius 3 is 2.38 bits per heavy atom. The smallest absolute Gasteiger partial charge is 0.146 e. The quantitative estimate of drug-likeness (QED) is 0.605. The summed E-state index contributed by atoms with van der Waals surface area (Å²) >= 11 is 0. The minimum atomic E-state index is 0.440. The van der Waals surface area contributed by atoms with Crippen molar-refractivity contribution in [3.05, 3.63) is 72.6 Å². The summed E-state index contributed by atoms with van der Waals surface area (Å²) in [6.45, 7) is 0.440. The second-order valence-corrected chi connectivity index (χ2v) is 5.00. The van der Waals surface area contributed by atoms with Gasteiger partial charge in [-0.1, -0.05) is 42.5 Å². The van der Waals surface area contributed by atoms with E-state index >= 15 is 0 Å². The van der Waals surface area contributed by atoms with Crippen molar-refractivity contribution in [2.75, 3.05) is 0 Å². The van der Waals surface area contributed by atoms with E-state index in [9.17, 15) is 0 Å². The first-order chi connectivity index (χ1) is 10.4. The third kappa shape index (κ3) is 2.34. The van der Waals surface area contributed by atoms with Crippen LogP contribution in [0.4, 0.5) is 0 Å². The zero-order chi connectivity index (χ0) is 14.1. The normalized spacial score (nSPS) is 11.0. The molecule has 0 bridgehead atoms. The van der Waals surface area contributed by atoms with Crippen molar-refractivity contribution in [3.63, 3.8) is 0 Å². The summed E-state index contributed by atoms with van der Waals surface area (Å²) in [5.74, 6) is 1.69. The van der Waals surface area contributed by atoms with Gasteiger partial charge in [-0.15, -0.1) is 0 Å². The first-order valence-electron chi connectivity index (χ1n) is 6.94. The van der Waals surface area contributed by atoms with Crippen LogP contribution in [0.5, 0.6) is 5.75 Å². The molecular formula is C18H14N2O. The van der Waals surface area contributed by atoms with Crippen LogP contribution in [0, 0.1) is 0 Å². The van der Waals surface area contributed by atoms with Crippen molar-refractivity contribution in [3.8, 4) is 5.75 Å². The minimum Gasteiger partial charge on any atom is -0.486 e. The molecule has 21 heavy (non-hydrogen) atoms. The predicted octanol–water partition coefficient (Wildman–Crippen LogP) is 4.30. The van der Waals surface area contributed by atoms with Gasteiger partial charge in [0.15, 0.2) is 0 Å². The van der Waals surface area contributed by atoms with E-state index < -0.39 is 0 Å². The second kappa shape index (κ2) is 4.94. The van der Waals surface area contributed by atoms with Gasteiger partial charge in [0.25, 0.3) is 0 Å². The monoisotopic (exact) mass is 274 g/mol. The maximum absolute atomic E-state index is 5.73. The molecule has 0 aliphatic rings. The van der Waals surface area contributed by atoms with E-state index in [1.807, 2.05) is 42.5 Å². The molecule has 4 aromatic rings. The Morgan fingerprint density at radius 2 is 1.57 bits per heavy atom. The zero-order valence-corrected chi connectivity index (χ0v) is 11.4. The molecular weight excluding hydrogens is 260 g/mol. The van der Waals surface area contributed by atoms with E-state index in [1.165, 1.54) is 10.8 Å². The number of nitrogens with one attached hydrogen (secondary N) is 1. The average Bonchev–Trinajstić information content (AvgIpc) is 2.93. The number of benzene rings is 3. The minimum absolute atomic E-state index is 0.440. The third-order valence-electron chi connectivity index (χ3n) is 3.52.